The second-order valence-corrected chi connectivity index (χ2v) is 3.39. The molecule has 2 nitrogen and oxygen atoms in total. The van der Waals surface area contributed by atoms with Gasteiger partial charge in [-0.25, -0.2) is 0 Å². The first kappa shape index (κ1) is 11.5. The minimum Gasteiger partial charge on any atom is -0.358 e. The molecule has 0 fully saturated rings. The largest absolute Gasteiger partial charge is 0.358 e. The third-order valence-electron chi connectivity index (χ3n) is 2.31. The first-order valence-electron chi connectivity index (χ1n) is 4.95. The fourth-order valence-corrected chi connectivity index (χ4v) is 1.27. The second-order valence-electron chi connectivity index (χ2n) is 3.39. The first-order valence-corrected chi connectivity index (χ1v) is 4.95. The van der Waals surface area contributed by atoms with E-state index in [2.05, 4.69) is 25.7 Å². The van der Waals surface area contributed by atoms with Gasteiger partial charge >= 0.3 is 0 Å². The van der Waals surface area contributed by atoms with Crippen LogP contribution in [-0.4, -0.2) is 23.3 Å². The van der Waals surface area contributed by atoms with Gasteiger partial charge in [0.2, 0.25) is 0 Å². The molecule has 0 aromatic carbocycles. The van der Waals surface area contributed by atoms with Gasteiger partial charge < -0.3 is 4.90 Å². The number of rotatable bonds is 5. The predicted molar refractivity (Wildman–Crippen MR) is 54.8 cm³/mol. The lowest BCUT2D eigenvalue weighted by molar-refractivity contribution is 0.313. The zero-order chi connectivity index (χ0) is 9.56. The van der Waals surface area contributed by atoms with Gasteiger partial charge in [-0.15, -0.1) is 0 Å². The van der Waals surface area contributed by atoms with E-state index in [4.69, 9.17) is 5.41 Å². The molecule has 12 heavy (non-hydrogen) atoms. The van der Waals surface area contributed by atoms with Gasteiger partial charge in [0.25, 0.3) is 0 Å². The third kappa shape index (κ3) is 3.74. The lowest BCUT2D eigenvalue weighted by atomic mass is 10.2. The summed E-state index contributed by atoms with van der Waals surface area (Å²) in [4.78, 5) is 2.18. The highest BCUT2D eigenvalue weighted by Gasteiger charge is 2.10. The number of unbranched alkanes of at least 4 members (excludes halogenated alkanes) is 1. The van der Waals surface area contributed by atoms with E-state index in [1.54, 1.807) is 0 Å². The standard InChI is InChI=1S/C10H22N2/c1-5-7-8-12(10(4)11)9(3)6-2/h9,11H,5-8H2,1-4H3. The Morgan fingerprint density at radius 1 is 1.42 bits per heavy atom. The van der Waals surface area contributed by atoms with Crippen molar-refractivity contribution in [2.45, 2.75) is 53.0 Å². The molecular weight excluding hydrogens is 148 g/mol. The van der Waals surface area contributed by atoms with Gasteiger partial charge in [-0.1, -0.05) is 20.3 Å². The summed E-state index contributed by atoms with van der Waals surface area (Å²) in [7, 11) is 0. The Morgan fingerprint density at radius 3 is 2.33 bits per heavy atom. The Morgan fingerprint density at radius 2 is 2.00 bits per heavy atom. The third-order valence-corrected chi connectivity index (χ3v) is 2.31. The molecule has 0 heterocycles. The van der Waals surface area contributed by atoms with Crippen LogP contribution >= 0.6 is 0 Å². The van der Waals surface area contributed by atoms with E-state index in [0.29, 0.717) is 11.9 Å². The van der Waals surface area contributed by atoms with Crippen molar-refractivity contribution in [1.82, 2.24) is 4.90 Å². The summed E-state index contributed by atoms with van der Waals surface area (Å²) in [5.74, 6) is 0.706. The van der Waals surface area contributed by atoms with Crippen molar-refractivity contribution < 1.29 is 0 Å². The lowest BCUT2D eigenvalue weighted by Gasteiger charge is -2.29. The number of hydrogen-bond acceptors (Lipinski definition) is 1. The first-order chi connectivity index (χ1) is 5.63. The highest BCUT2D eigenvalue weighted by atomic mass is 15.2. The highest BCUT2D eigenvalue weighted by molar-refractivity contribution is 5.76. The van der Waals surface area contributed by atoms with Crippen LogP contribution in [0.1, 0.15) is 47.0 Å². The second kappa shape index (κ2) is 6.04. The van der Waals surface area contributed by atoms with Gasteiger partial charge in [0, 0.05) is 12.6 Å². The molecule has 0 aliphatic heterocycles. The van der Waals surface area contributed by atoms with Crippen LogP contribution in [0.4, 0.5) is 0 Å². The van der Waals surface area contributed by atoms with Gasteiger partial charge in [0.1, 0.15) is 0 Å². The highest BCUT2D eigenvalue weighted by Crippen LogP contribution is 2.05. The minimum absolute atomic E-state index is 0.522. The van der Waals surface area contributed by atoms with Crippen LogP contribution in [0.2, 0.25) is 0 Å². The van der Waals surface area contributed by atoms with Gasteiger partial charge in [0.15, 0.2) is 0 Å². The molecule has 0 saturated heterocycles. The Kier molecular flexibility index (Phi) is 5.77. The summed E-state index contributed by atoms with van der Waals surface area (Å²) in [5.41, 5.74) is 0. The zero-order valence-electron chi connectivity index (χ0n) is 8.85. The number of nitrogens with zero attached hydrogens (tertiary/aromatic N) is 1. The van der Waals surface area contributed by atoms with Crippen LogP contribution in [0.15, 0.2) is 0 Å². The normalized spacial score (nSPS) is 12.7. The Labute approximate surface area is 76.5 Å². The summed E-state index contributed by atoms with van der Waals surface area (Å²) < 4.78 is 0. The molecule has 0 amide bonds. The summed E-state index contributed by atoms with van der Waals surface area (Å²) in [6.45, 7) is 9.47. The molecule has 0 radical (unpaired) electrons. The van der Waals surface area contributed by atoms with Gasteiger partial charge in [-0.05, 0) is 26.7 Å². The lowest BCUT2D eigenvalue weighted by Crippen LogP contribution is -2.36. The molecule has 2 heteroatoms. The van der Waals surface area contributed by atoms with Gasteiger partial charge in [0.05, 0.1) is 5.84 Å². The van der Waals surface area contributed by atoms with E-state index in [1.165, 1.54) is 12.8 Å². The molecule has 0 saturated carbocycles. The molecule has 0 aromatic rings. The Balaban J connectivity index is 3.94. The topological polar surface area (TPSA) is 27.1 Å². The van der Waals surface area contributed by atoms with Crippen LogP contribution in [0.25, 0.3) is 0 Å². The van der Waals surface area contributed by atoms with Crippen LogP contribution in [0.3, 0.4) is 0 Å². The van der Waals surface area contributed by atoms with Crippen LogP contribution in [0.5, 0.6) is 0 Å². The van der Waals surface area contributed by atoms with E-state index in [1.807, 2.05) is 6.92 Å². The average Bonchev–Trinajstić information content (AvgIpc) is 2.04. The molecule has 72 valence electrons. The van der Waals surface area contributed by atoms with E-state index < -0.39 is 0 Å². The monoisotopic (exact) mass is 170 g/mol. The van der Waals surface area contributed by atoms with Crippen molar-refractivity contribution >= 4 is 5.84 Å². The summed E-state index contributed by atoms with van der Waals surface area (Å²) in [5, 5.41) is 7.59. The quantitative estimate of drug-likeness (QED) is 0.498. The van der Waals surface area contributed by atoms with Crippen LogP contribution < -0.4 is 0 Å². The van der Waals surface area contributed by atoms with Crippen LogP contribution in [0, 0.1) is 5.41 Å². The van der Waals surface area contributed by atoms with Gasteiger partial charge in [-0.2, -0.15) is 0 Å². The Hall–Kier alpha value is -0.530. The van der Waals surface area contributed by atoms with E-state index >= 15 is 0 Å². The van der Waals surface area contributed by atoms with Gasteiger partial charge in [-0.3, -0.25) is 5.41 Å². The molecule has 0 aliphatic carbocycles. The molecule has 0 aliphatic rings. The molecule has 0 bridgehead atoms. The van der Waals surface area contributed by atoms with E-state index in [0.717, 1.165) is 13.0 Å². The average molecular weight is 170 g/mol. The number of hydrogen-bond donors (Lipinski definition) is 1. The SMILES string of the molecule is CCCCN(C(C)=N)C(C)CC. The number of amidine groups is 1. The molecule has 0 rings (SSSR count). The summed E-state index contributed by atoms with van der Waals surface area (Å²) in [6, 6.07) is 0.522. The number of nitrogens with one attached hydrogen (secondary N) is 1. The summed E-state index contributed by atoms with van der Waals surface area (Å²) >= 11 is 0. The maximum absolute atomic E-state index is 7.59. The van der Waals surface area contributed by atoms with Crippen molar-refractivity contribution in [2.75, 3.05) is 6.54 Å². The maximum Gasteiger partial charge on any atom is 0.0928 e. The van der Waals surface area contributed by atoms with Crippen molar-refractivity contribution in [2.24, 2.45) is 0 Å². The fourth-order valence-electron chi connectivity index (χ4n) is 1.27. The smallest absolute Gasteiger partial charge is 0.0928 e. The zero-order valence-corrected chi connectivity index (χ0v) is 8.85. The maximum atomic E-state index is 7.59. The summed E-state index contributed by atoms with van der Waals surface area (Å²) in [6.07, 6.45) is 3.53. The molecular formula is C10H22N2. The van der Waals surface area contributed by atoms with Crippen molar-refractivity contribution in [3.05, 3.63) is 0 Å². The van der Waals surface area contributed by atoms with Crippen molar-refractivity contribution in [1.29, 1.82) is 5.41 Å². The molecule has 0 spiro atoms. The van der Waals surface area contributed by atoms with E-state index in [9.17, 15) is 0 Å². The van der Waals surface area contributed by atoms with Crippen molar-refractivity contribution in [3.8, 4) is 0 Å². The molecule has 1 unspecified atom stereocenters. The molecule has 1 N–H and O–H groups in total. The fraction of sp³-hybridized carbons (Fsp3) is 0.900. The molecule has 1 atom stereocenters. The van der Waals surface area contributed by atoms with Crippen LogP contribution in [-0.2, 0) is 0 Å². The minimum atomic E-state index is 0.522. The van der Waals surface area contributed by atoms with E-state index in [-0.39, 0.29) is 0 Å². The predicted octanol–water partition coefficient (Wildman–Crippen LogP) is 2.88. The molecule has 0 aromatic heterocycles. The Bertz CT molecular complexity index is 132. The van der Waals surface area contributed by atoms with Crippen molar-refractivity contribution in [3.63, 3.8) is 0 Å².